The molecule has 1 amide bonds. The van der Waals surface area contributed by atoms with Crippen molar-refractivity contribution in [1.82, 2.24) is 9.38 Å². The Labute approximate surface area is 151 Å². The molecule has 134 valence electrons. The summed E-state index contributed by atoms with van der Waals surface area (Å²) in [5.74, 6) is 0.384. The van der Waals surface area contributed by atoms with E-state index < -0.39 is 5.97 Å². The number of imidazole rings is 1. The molecule has 0 fully saturated rings. The predicted octanol–water partition coefficient (Wildman–Crippen LogP) is 3.57. The number of amides is 1. The molecule has 26 heavy (non-hydrogen) atoms. The van der Waals surface area contributed by atoms with Gasteiger partial charge in [-0.25, -0.2) is 9.78 Å². The van der Waals surface area contributed by atoms with E-state index in [9.17, 15) is 9.59 Å². The number of nitrogens with one attached hydrogen (secondary N) is 1. The first-order valence-electron chi connectivity index (χ1n) is 8.46. The maximum Gasteiger partial charge on any atom is 0.339 e. The van der Waals surface area contributed by atoms with Crippen LogP contribution in [0.1, 0.15) is 40.5 Å². The van der Waals surface area contributed by atoms with Crippen molar-refractivity contribution < 1.29 is 14.3 Å². The van der Waals surface area contributed by atoms with E-state index in [4.69, 9.17) is 4.74 Å². The number of methoxy groups -OCH3 is 1. The number of rotatable bonds is 5. The summed E-state index contributed by atoms with van der Waals surface area (Å²) in [5, 5.41) is 2.79. The number of esters is 1. The number of nitrogens with zero attached hydrogens (tertiary/aromatic N) is 2. The molecular formula is C20H21N3O3. The minimum atomic E-state index is -0.504. The molecule has 0 radical (unpaired) electrons. The molecule has 3 rings (SSSR count). The van der Waals surface area contributed by atoms with E-state index in [0.717, 1.165) is 17.8 Å². The van der Waals surface area contributed by atoms with Crippen molar-refractivity contribution in [2.75, 3.05) is 12.4 Å². The first-order valence-corrected chi connectivity index (χ1v) is 8.46. The molecule has 2 aromatic heterocycles. The third-order valence-corrected chi connectivity index (χ3v) is 4.01. The van der Waals surface area contributed by atoms with E-state index in [1.165, 1.54) is 7.11 Å². The zero-order valence-corrected chi connectivity index (χ0v) is 15.0. The van der Waals surface area contributed by atoms with Gasteiger partial charge in [-0.05, 0) is 30.2 Å². The Morgan fingerprint density at radius 1 is 1.15 bits per heavy atom. The largest absolute Gasteiger partial charge is 0.465 e. The Kier molecular flexibility index (Phi) is 5.02. The Morgan fingerprint density at radius 2 is 1.88 bits per heavy atom. The van der Waals surface area contributed by atoms with Crippen molar-refractivity contribution in [2.24, 2.45) is 5.92 Å². The number of ether oxygens (including phenoxy) is 1. The smallest absolute Gasteiger partial charge is 0.339 e. The van der Waals surface area contributed by atoms with Crippen molar-refractivity contribution >= 4 is 23.1 Å². The second-order valence-corrected chi connectivity index (χ2v) is 6.42. The van der Waals surface area contributed by atoms with Crippen molar-refractivity contribution in [3.8, 4) is 0 Å². The summed E-state index contributed by atoms with van der Waals surface area (Å²) in [7, 11) is 1.31. The maximum absolute atomic E-state index is 12.9. The van der Waals surface area contributed by atoms with Crippen LogP contribution in [-0.4, -0.2) is 28.4 Å². The van der Waals surface area contributed by atoms with Gasteiger partial charge in [-0.2, -0.15) is 0 Å². The minimum Gasteiger partial charge on any atom is -0.465 e. The fraction of sp³-hybridized carbons (Fsp3) is 0.250. The van der Waals surface area contributed by atoms with Gasteiger partial charge in [-0.15, -0.1) is 0 Å². The number of hydrogen-bond acceptors (Lipinski definition) is 4. The van der Waals surface area contributed by atoms with Crippen LogP contribution in [0.15, 0.2) is 48.7 Å². The third kappa shape index (κ3) is 3.44. The SMILES string of the molecule is COC(=O)c1ccccc1NC(=O)c1nc(CC(C)C)n2ccccc12. The molecule has 1 aromatic carbocycles. The molecule has 0 bridgehead atoms. The van der Waals surface area contributed by atoms with Gasteiger partial charge in [0.1, 0.15) is 5.82 Å². The van der Waals surface area contributed by atoms with E-state index in [1.54, 1.807) is 24.3 Å². The molecule has 0 atom stereocenters. The van der Waals surface area contributed by atoms with Crippen LogP contribution < -0.4 is 5.32 Å². The number of anilines is 1. The number of carbonyl (C=O) groups excluding carboxylic acids is 2. The fourth-order valence-electron chi connectivity index (χ4n) is 2.84. The molecule has 0 unspecified atom stereocenters. The van der Waals surface area contributed by atoms with Gasteiger partial charge in [0.25, 0.3) is 5.91 Å². The third-order valence-electron chi connectivity index (χ3n) is 4.01. The van der Waals surface area contributed by atoms with E-state index in [0.29, 0.717) is 22.9 Å². The van der Waals surface area contributed by atoms with Crippen LogP contribution in [0.3, 0.4) is 0 Å². The summed E-state index contributed by atoms with van der Waals surface area (Å²) >= 11 is 0. The zero-order chi connectivity index (χ0) is 18.7. The predicted molar refractivity (Wildman–Crippen MR) is 99.5 cm³/mol. The van der Waals surface area contributed by atoms with Crippen molar-refractivity contribution in [2.45, 2.75) is 20.3 Å². The lowest BCUT2D eigenvalue weighted by Crippen LogP contribution is -2.16. The summed E-state index contributed by atoms with van der Waals surface area (Å²) in [4.78, 5) is 29.3. The number of carbonyl (C=O) groups is 2. The highest BCUT2D eigenvalue weighted by atomic mass is 16.5. The summed E-state index contributed by atoms with van der Waals surface area (Å²) in [6, 6.07) is 12.4. The average molecular weight is 351 g/mol. The highest BCUT2D eigenvalue weighted by Crippen LogP contribution is 2.20. The second kappa shape index (κ2) is 7.39. The van der Waals surface area contributed by atoms with Gasteiger partial charge in [0, 0.05) is 12.6 Å². The summed E-state index contributed by atoms with van der Waals surface area (Å²) < 4.78 is 6.70. The van der Waals surface area contributed by atoms with Crippen LogP contribution in [-0.2, 0) is 11.2 Å². The van der Waals surface area contributed by atoms with Gasteiger partial charge >= 0.3 is 5.97 Å². The molecule has 0 aliphatic carbocycles. The lowest BCUT2D eigenvalue weighted by molar-refractivity contribution is 0.0602. The Hall–Kier alpha value is -3.15. The molecule has 0 aliphatic rings. The molecule has 0 saturated heterocycles. The van der Waals surface area contributed by atoms with Crippen LogP contribution in [0.2, 0.25) is 0 Å². The molecule has 6 nitrogen and oxygen atoms in total. The van der Waals surface area contributed by atoms with Gasteiger partial charge in [0.15, 0.2) is 5.69 Å². The lowest BCUT2D eigenvalue weighted by atomic mass is 10.1. The maximum atomic E-state index is 12.9. The van der Waals surface area contributed by atoms with Crippen molar-refractivity contribution in [1.29, 1.82) is 0 Å². The van der Waals surface area contributed by atoms with Crippen LogP contribution in [0, 0.1) is 5.92 Å². The Morgan fingerprint density at radius 3 is 2.62 bits per heavy atom. The average Bonchev–Trinajstić information content (AvgIpc) is 3.00. The van der Waals surface area contributed by atoms with Gasteiger partial charge in [0.05, 0.1) is 23.9 Å². The first kappa shape index (κ1) is 17.7. The number of para-hydroxylation sites is 1. The van der Waals surface area contributed by atoms with E-state index in [2.05, 4.69) is 24.1 Å². The van der Waals surface area contributed by atoms with Crippen LogP contribution in [0.25, 0.3) is 5.52 Å². The zero-order valence-electron chi connectivity index (χ0n) is 15.0. The second-order valence-electron chi connectivity index (χ2n) is 6.42. The Bertz CT molecular complexity index is 960. The van der Waals surface area contributed by atoms with E-state index in [-0.39, 0.29) is 5.91 Å². The van der Waals surface area contributed by atoms with E-state index in [1.807, 2.05) is 28.8 Å². The van der Waals surface area contributed by atoms with Crippen LogP contribution in [0.5, 0.6) is 0 Å². The summed E-state index contributed by atoms with van der Waals surface area (Å²) in [5.41, 5.74) is 1.76. The molecule has 6 heteroatoms. The van der Waals surface area contributed by atoms with Crippen molar-refractivity contribution in [3.63, 3.8) is 0 Å². The number of aromatic nitrogens is 2. The highest BCUT2D eigenvalue weighted by molar-refractivity contribution is 6.10. The fourth-order valence-corrected chi connectivity index (χ4v) is 2.84. The van der Waals surface area contributed by atoms with Gasteiger partial charge < -0.3 is 14.5 Å². The van der Waals surface area contributed by atoms with Crippen molar-refractivity contribution in [3.05, 3.63) is 65.7 Å². The van der Waals surface area contributed by atoms with Gasteiger partial charge in [0.2, 0.25) is 0 Å². The minimum absolute atomic E-state index is 0.300. The monoisotopic (exact) mass is 351 g/mol. The lowest BCUT2D eigenvalue weighted by Gasteiger charge is -2.08. The summed E-state index contributed by atoms with van der Waals surface area (Å²) in [6.07, 6.45) is 2.66. The molecular weight excluding hydrogens is 330 g/mol. The number of fused-ring (bicyclic) bond motifs is 1. The molecule has 0 aliphatic heterocycles. The number of benzene rings is 1. The standard InChI is InChI=1S/C20H21N3O3/c1-13(2)12-17-22-18(16-10-6-7-11-23(16)17)19(24)21-15-9-5-4-8-14(15)20(25)26-3/h4-11,13H,12H2,1-3H3,(H,21,24). The van der Waals surface area contributed by atoms with Crippen LogP contribution >= 0.6 is 0 Å². The van der Waals surface area contributed by atoms with Gasteiger partial charge in [-0.1, -0.05) is 32.0 Å². The van der Waals surface area contributed by atoms with E-state index >= 15 is 0 Å². The molecule has 1 N–H and O–H groups in total. The normalized spacial score (nSPS) is 10.9. The first-order chi connectivity index (χ1) is 12.5. The molecule has 3 aromatic rings. The highest BCUT2D eigenvalue weighted by Gasteiger charge is 2.20. The van der Waals surface area contributed by atoms with Crippen LogP contribution in [0.4, 0.5) is 5.69 Å². The van der Waals surface area contributed by atoms with Gasteiger partial charge in [-0.3, -0.25) is 4.79 Å². The molecule has 0 saturated carbocycles. The quantitative estimate of drug-likeness (QED) is 0.713. The molecule has 0 spiro atoms. The summed E-state index contributed by atoms with van der Waals surface area (Å²) in [6.45, 7) is 4.22. The molecule has 2 heterocycles. The Balaban J connectivity index is 1.98. The topological polar surface area (TPSA) is 72.7 Å². The number of hydrogen-bond donors (Lipinski definition) is 1. The number of pyridine rings is 1.